The molecule has 134 valence electrons. The Labute approximate surface area is 145 Å². The first-order valence-corrected chi connectivity index (χ1v) is 9.51. The molecule has 0 unspecified atom stereocenters. The van der Waals surface area contributed by atoms with Crippen LogP contribution in [0.25, 0.3) is 0 Å². The predicted molar refractivity (Wildman–Crippen MR) is 87.5 cm³/mol. The number of hydrogen-bond donors (Lipinski definition) is 0. The SMILES string of the molecule is Cc1noc(C)c1S(=O)(=O)N1Cc2cnc(N3CCOCC3)nc2C1. The second kappa shape index (κ2) is 6.04. The van der Waals surface area contributed by atoms with Gasteiger partial charge in [-0.05, 0) is 13.8 Å². The average molecular weight is 365 g/mol. The van der Waals surface area contributed by atoms with Crippen molar-refractivity contribution in [2.75, 3.05) is 31.2 Å². The summed E-state index contributed by atoms with van der Waals surface area (Å²) in [5.74, 6) is 0.923. The van der Waals surface area contributed by atoms with Crippen molar-refractivity contribution in [3.8, 4) is 0 Å². The van der Waals surface area contributed by atoms with Crippen molar-refractivity contribution >= 4 is 16.0 Å². The lowest BCUT2D eigenvalue weighted by molar-refractivity contribution is 0.122. The van der Waals surface area contributed by atoms with Crippen molar-refractivity contribution in [2.45, 2.75) is 31.8 Å². The number of hydrogen-bond acceptors (Lipinski definition) is 8. The van der Waals surface area contributed by atoms with Crippen LogP contribution in [0.3, 0.4) is 0 Å². The Balaban J connectivity index is 1.61. The predicted octanol–water partition coefficient (Wildman–Crippen LogP) is 0.623. The van der Waals surface area contributed by atoms with Gasteiger partial charge in [0.1, 0.15) is 10.6 Å². The van der Waals surface area contributed by atoms with Gasteiger partial charge in [0.2, 0.25) is 16.0 Å². The van der Waals surface area contributed by atoms with Crippen LogP contribution in [0.2, 0.25) is 0 Å². The first-order valence-electron chi connectivity index (χ1n) is 8.07. The Bertz CT molecular complexity index is 885. The highest BCUT2D eigenvalue weighted by Crippen LogP contribution is 2.31. The maximum absolute atomic E-state index is 12.9. The quantitative estimate of drug-likeness (QED) is 0.780. The van der Waals surface area contributed by atoms with E-state index in [1.807, 2.05) is 0 Å². The molecule has 0 atom stereocenters. The molecule has 25 heavy (non-hydrogen) atoms. The number of sulfonamides is 1. The number of anilines is 1. The van der Waals surface area contributed by atoms with Gasteiger partial charge in [-0.1, -0.05) is 5.16 Å². The largest absolute Gasteiger partial charge is 0.378 e. The molecule has 9 nitrogen and oxygen atoms in total. The molecule has 0 aromatic carbocycles. The molecule has 4 rings (SSSR count). The fraction of sp³-hybridized carbons (Fsp3) is 0.533. The Morgan fingerprint density at radius 3 is 2.60 bits per heavy atom. The molecular formula is C15H19N5O4S. The van der Waals surface area contributed by atoms with Crippen molar-refractivity contribution in [1.29, 1.82) is 0 Å². The summed E-state index contributed by atoms with van der Waals surface area (Å²) >= 11 is 0. The van der Waals surface area contributed by atoms with E-state index in [4.69, 9.17) is 9.26 Å². The number of aromatic nitrogens is 3. The highest BCUT2D eigenvalue weighted by Gasteiger charge is 2.36. The van der Waals surface area contributed by atoms with Crippen molar-refractivity contribution in [3.63, 3.8) is 0 Å². The third-order valence-electron chi connectivity index (χ3n) is 4.47. The first kappa shape index (κ1) is 16.4. The van der Waals surface area contributed by atoms with Gasteiger partial charge in [0.05, 0.1) is 25.5 Å². The number of fused-ring (bicyclic) bond motifs is 1. The van der Waals surface area contributed by atoms with Gasteiger partial charge >= 0.3 is 0 Å². The molecule has 2 aliphatic rings. The summed E-state index contributed by atoms with van der Waals surface area (Å²) in [5, 5.41) is 3.75. The molecule has 4 heterocycles. The zero-order valence-electron chi connectivity index (χ0n) is 14.1. The van der Waals surface area contributed by atoms with E-state index in [-0.39, 0.29) is 18.0 Å². The van der Waals surface area contributed by atoms with Gasteiger partial charge in [0.15, 0.2) is 5.76 Å². The van der Waals surface area contributed by atoms with Crippen LogP contribution < -0.4 is 4.90 Å². The molecule has 1 saturated heterocycles. The number of ether oxygens (including phenoxy) is 1. The summed E-state index contributed by atoms with van der Waals surface area (Å²) < 4.78 is 37.6. The van der Waals surface area contributed by atoms with Crippen LogP contribution >= 0.6 is 0 Å². The Morgan fingerprint density at radius 2 is 1.92 bits per heavy atom. The smallest absolute Gasteiger partial charge is 0.249 e. The standard InChI is InChI=1S/C15H19N5O4S/c1-10-14(11(2)24-18-10)25(21,22)20-8-12-7-16-15(17-13(12)9-20)19-3-5-23-6-4-19/h7H,3-6,8-9H2,1-2H3. The molecule has 0 amide bonds. The fourth-order valence-corrected chi connectivity index (χ4v) is 4.84. The maximum atomic E-state index is 12.9. The fourth-order valence-electron chi connectivity index (χ4n) is 3.17. The van der Waals surface area contributed by atoms with Crippen LogP contribution in [0.15, 0.2) is 15.6 Å². The zero-order chi connectivity index (χ0) is 17.6. The van der Waals surface area contributed by atoms with Gasteiger partial charge in [0.25, 0.3) is 0 Å². The molecule has 1 fully saturated rings. The molecule has 2 aromatic rings. The second-order valence-electron chi connectivity index (χ2n) is 6.17. The lowest BCUT2D eigenvalue weighted by Gasteiger charge is -2.26. The van der Waals surface area contributed by atoms with E-state index in [1.165, 1.54) is 4.31 Å². The highest BCUT2D eigenvalue weighted by molar-refractivity contribution is 7.89. The minimum atomic E-state index is -3.69. The highest BCUT2D eigenvalue weighted by atomic mass is 32.2. The molecule has 0 N–H and O–H groups in total. The molecule has 10 heteroatoms. The minimum Gasteiger partial charge on any atom is -0.378 e. The molecular weight excluding hydrogens is 346 g/mol. The van der Waals surface area contributed by atoms with E-state index in [0.29, 0.717) is 30.6 Å². The van der Waals surface area contributed by atoms with E-state index in [1.54, 1.807) is 20.0 Å². The molecule has 0 spiro atoms. The van der Waals surface area contributed by atoms with Crippen LogP contribution in [-0.2, 0) is 27.8 Å². The lowest BCUT2D eigenvalue weighted by atomic mass is 10.3. The Morgan fingerprint density at radius 1 is 1.16 bits per heavy atom. The van der Waals surface area contributed by atoms with E-state index in [0.717, 1.165) is 24.3 Å². The number of morpholine rings is 1. The van der Waals surface area contributed by atoms with E-state index < -0.39 is 10.0 Å². The summed E-state index contributed by atoms with van der Waals surface area (Å²) in [7, 11) is -3.69. The van der Waals surface area contributed by atoms with Crippen LogP contribution in [-0.4, -0.2) is 54.2 Å². The van der Waals surface area contributed by atoms with Crippen LogP contribution in [0.1, 0.15) is 22.7 Å². The van der Waals surface area contributed by atoms with Gasteiger partial charge in [-0.15, -0.1) is 0 Å². The molecule has 2 aromatic heterocycles. The van der Waals surface area contributed by atoms with E-state index in [2.05, 4.69) is 20.0 Å². The lowest BCUT2D eigenvalue weighted by Crippen LogP contribution is -2.37. The molecule has 0 aliphatic carbocycles. The normalized spacial score (nSPS) is 18.6. The summed E-state index contributed by atoms with van der Waals surface area (Å²) in [5.41, 5.74) is 1.94. The van der Waals surface area contributed by atoms with Crippen molar-refractivity contribution in [2.24, 2.45) is 0 Å². The topological polar surface area (TPSA) is 102 Å². The monoisotopic (exact) mass is 365 g/mol. The molecule has 0 bridgehead atoms. The summed E-state index contributed by atoms with van der Waals surface area (Å²) in [6.45, 7) is 6.47. The van der Waals surface area contributed by atoms with Crippen LogP contribution in [0, 0.1) is 13.8 Å². The summed E-state index contributed by atoms with van der Waals surface area (Å²) in [6.07, 6.45) is 1.72. The van der Waals surface area contributed by atoms with Gasteiger partial charge in [0, 0.05) is 31.4 Å². The van der Waals surface area contributed by atoms with Crippen LogP contribution in [0.4, 0.5) is 5.95 Å². The van der Waals surface area contributed by atoms with Crippen molar-refractivity contribution in [1.82, 2.24) is 19.4 Å². The Hall–Kier alpha value is -2.04. The van der Waals surface area contributed by atoms with E-state index in [9.17, 15) is 8.42 Å². The van der Waals surface area contributed by atoms with Crippen LogP contribution in [0.5, 0.6) is 0 Å². The van der Waals surface area contributed by atoms with Gasteiger partial charge in [-0.3, -0.25) is 0 Å². The first-order chi connectivity index (χ1) is 12.0. The summed E-state index contributed by atoms with van der Waals surface area (Å²) in [6, 6.07) is 0. The summed E-state index contributed by atoms with van der Waals surface area (Å²) in [4.78, 5) is 11.2. The van der Waals surface area contributed by atoms with Crippen molar-refractivity contribution < 1.29 is 17.7 Å². The number of nitrogens with zero attached hydrogens (tertiary/aromatic N) is 5. The molecule has 2 aliphatic heterocycles. The third-order valence-corrected chi connectivity index (χ3v) is 6.51. The van der Waals surface area contributed by atoms with Gasteiger partial charge < -0.3 is 14.2 Å². The maximum Gasteiger partial charge on any atom is 0.249 e. The zero-order valence-corrected chi connectivity index (χ0v) is 14.9. The second-order valence-corrected chi connectivity index (χ2v) is 8.04. The van der Waals surface area contributed by atoms with Crippen molar-refractivity contribution in [3.05, 3.63) is 28.9 Å². The minimum absolute atomic E-state index is 0.140. The van der Waals surface area contributed by atoms with Gasteiger partial charge in [-0.25, -0.2) is 18.4 Å². The molecule has 0 saturated carbocycles. The average Bonchev–Trinajstić information content (AvgIpc) is 3.19. The number of rotatable bonds is 3. The van der Waals surface area contributed by atoms with Gasteiger partial charge in [-0.2, -0.15) is 4.31 Å². The third kappa shape index (κ3) is 2.79. The van der Waals surface area contributed by atoms with E-state index >= 15 is 0 Å². The Kier molecular flexibility index (Phi) is 3.97. The number of aryl methyl sites for hydroxylation is 2. The molecule has 0 radical (unpaired) electrons.